The van der Waals surface area contributed by atoms with Crippen LogP contribution < -0.4 is 18.9 Å². The van der Waals surface area contributed by atoms with Crippen molar-refractivity contribution in [3.8, 4) is 17.9 Å². The first-order chi connectivity index (χ1) is 6.31. The number of hydrogen-bond donors (Lipinski definition) is 0. The van der Waals surface area contributed by atoms with Crippen LogP contribution in [0.4, 0.5) is 13.2 Å². The monoisotopic (exact) mass is 209 g/mol. The zero-order valence-electron chi connectivity index (χ0n) is 7.37. The number of halogens is 3. The second kappa shape index (κ2) is 5.32. The molecule has 0 spiro atoms. The number of hydrogen-bond acceptors (Lipinski definition) is 5. The summed E-state index contributed by atoms with van der Waals surface area (Å²) in [5.74, 6) is 0.0113. The summed E-state index contributed by atoms with van der Waals surface area (Å²) in [4.78, 5) is 10.2. The number of rotatable bonds is 1. The van der Waals surface area contributed by atoms with Crippen LogP contribution in [0.15, 0.2) is 0 Å². The first-order valence-electron chi connectivity index (χ1n) is 3.00. The third-order valence-corrected chi connectivity index (χ3v) is 1.06. The molecule has 0 saturated carbocycles. The molecule has 0 aromatic rings. The summed E-state index contributed by atoms with van der Waals surface area (Å²) < 4.78 is 38.3. The van der Waals surface area contributed by atoms with Crippen molar-refractivity contribution in [3.63, 3.8) is 0 Å². The zero-order chi connectivity index (χ0) is 11.4. The van der Waals surface area contributed by atoms with Crippen LogP contribution in [0.25, 0.3) is 0 Å². The second-order valence-electron chi connectivity index (χ2n) is 2.08. The molecule has 10 heteroatoms. The van der Waals surface area contributed by atoms with Gasteiger partial charge in [0.2, 0.25) is 0 Å². The maximum Gasteiger partial charge on any atom is 1.00 e. The molecule has 0 fully saturated rings. The molecule has 0 rings (SSSR count). The van der Waals surface area contributed by atoms with Crippen LogP contribution in [-0.2, 0) is 9.45 Å². The number of carbonyl (C=O) groups excluding carboxylic acids is 1. The molecule has 0 saturated heterocycles. The summed E-state index contributed by atoms with van der Waals surface area (Å²) in [5.41, 5.74) is 0. The Morgan fingerprint density at radius 1 is 1.13 bits per heavy atom. The van der Waals surface area contributed by atoms with E-state index < -0.39 is 18.5 Å². The quantitative estimate of drug-likeness (QED) is 0.435. The molecule has 0 aliphatic carbocycles. The molecule has 0 amide bonds. The predicted molar refractivity (Wildman–Crippen MR) is 34.7 cm³/mol. The Hall–Kier alpha value is -1.61. The molecular weight excluding hydrogens is 209 g/mol. The van der Waals surface area contributed by atoms with E-state index in [2.05, 4.69) is 4.65 Å². The van der Waals surface area contributed by atoms with Crippen molar-refractivity contribution in [1.82, 2.24) is 0 Å². The summed E-state index contributed by atoms with van der Waals surface area (Å²) in [5, 5.41) is 24.5. The fourth-order valence-corrected chi connectivity index (χ4v) is 0.393. The third kappa shape index (κ3) is 3.96. The average molecular weight is 209 g/mol. The molecule has 15 heavy (non-hydrogen) atoms. The van der Waals surface area contributed by atoms with E-state index in [9.17, 15) is 18.0 Å². The van der Waals surface area contributed by atoms with E-state index in [1.807, 2.05) is 0 Å². The molecule has 0 aromatic carbocycles. The largest absolute Gasteiger partial charge is 1.00 e. The molecule has 0 atom stereocenters. The van der Waals surface area contributed by atoms with Crippen molar-refractivity contribution in [2.75, 3.05) is 0 Å². The van der Waals surface area contributed by atoms with Crippen molar-refractivity contribution in [2.45, 2.75) is 6.18 Å². The van der Waals surface area contributed by atoms with E-state index >= 15 is 0 Å². The van der Waals surface area contributed by atoms with Gasteiger partial charge in [-0.25, -0.2) is 20.6 Å². The Labute approximate surface area is 94.1 Å². The van der Waals surface area contributed by atoms with Crippen molar-refractivity contribution >= 4 is 12.3 Å². The van der Waals surface area contributed by atoms with Gasteiger partial charge in [-0.15, -0.1) is 0 Å². The van der Waals surface area contributed by atoms with E-state index in [4.69, 9.17) is 15.8 Å². The van der Waals surface area contributed by atoms with Crippen molar-refractivity contribution < 1.29 is 41.5 Å². The van der Waals surface area contributed by atoms with E-state index in [1.165, 1.54) is 0 Å². The maximum atomic E-state index is 11.6. The maximum absolute atomic E-state index is 11.6. The van der Waals surface area contributed by atoms with Crippen LogP contribution in [0.1, 0.15) is 0 Å². The Balaban J connectivity index is 0. The normalized spacial score (nSPS) is 9.87. The number of nitrogens with zero attached hydrogens (tertiary/aromatic N) is 3. The molecule has 0 aliphatic heterocycles. The van der Waals surface area contributed by atoms with E-state index in [1.54, 1.807) is 0 Å². The number of nitriles is 3. The van der Waals surface area contributed by atoms with Gasteiger partial charge in [-0.1, -0.05) is 17.9 Å². The number of alkyl halides is 3. The van der Waals surface area contributed by atoms with Crippen molar-refractivity contribution in [2.24, 2.45) is 0 Å². The molecule has 0 unspecified atom stereocenters. The molecule has 0 aliphatic rings. The molecule has 0 bridgehead atoms. The van der Waals surface area contributed by atoms with Gasteiger partial charge in [0.05, 0.1) is 0 Å². The van der Waals surface area contributed by atoms with Crippen LogP contribution in [0.5, 0.6) is 0 Å². The van der Waals surface area contributed by atoms with E-state index in [-0.39, 0.29) is 18.9 Å². The van der Waals surface area contributed by atoms with Crippen LogP contribution in [0.3, 0.4) is 0 Å². The standard InChI is InChI=1S/C5BF3N3O2.Li/c7-5(8,9)4(13)14-6(1-10,2-11)3-12;/q-1;+1. The second-order valence-corrected chi connectivity index (χ2v) is 2.08. The molecule has 0 heterocycles. The Morgan fingerprint density at radius 2 is 1.47 bits per heavy atom. The molecule has 0 radical (unpaired) electrons. The first kappa shape index (κ1) is 15.8. The minimum atomic E-state index is -5.34. The first-order valence-corrected chi connectivity index (χ1v) is 3.00. The van der Waals surface area contributed by atoms with Gasteiger partial charge in [0.15, 0.2) is 0 Å². The summed E-state index contributed by atoms with van der Waals surface area (Å²) in [6.45, 7) is 0. The Kier molecular flexibility index (Phi) is 5.62. The minimum absolute atomic E-state index is 0. The fourth-order valence-electron chi connectivity index (χ4n) is 0.393. The Morgan fingerprint density at radius 3 is 1.67 bits per heavy atom. The van der Waals surface area contributed by atoms with Gasteiger partial charge < -0.3 is 4.65 Å². The molecular formula is C5BF3LiN3O2. The SMILES string of the molecule is N#C[B-](C#N)(C#N)OC(=O)C(F)(F)F.[Li+]. The van der Waals surface area contributed by atoms with Gasteiger partial charge in [-0.3, -0.25) is 0 Å². The van der Waals surface area contributed by atoms with Crippen LogP contribution in [-0.4, -0.2) is 18.5 Å². The zero-order valence-corrected chi connectivity index (χ0v) is 7.37. The van der Waals surface area contributed by atoms with Crippen LogP contribution >= 0.6 is 0 Å². The van der Waals surface area contributed by atoms with Gasteiger partial charge in [-0.2, -0.15) is 13.2 Å². The van der Waals surface area contributed by atoms with Crippen LogP contribution in [0, 0.1) is 33.7 Å². The smallest absolute Gasteiger partial charge is 0.649 e. The topological polar surface area (TPSA) is 97.7 Å². The van der Waals surface area contributed by atoms with E-state index in [0.29, 0.717) is 0 Å². The molecule has 0 aromatic heterocycles. The van der Waals surface area contributed by atoms with Gasteiger partial charge in [0.1, 0.15) is 0 Å². The summed E-state index contributed by atoms with van der Waals surface area (Å²) in [6, 6.07) is 0. The molecule has 72 valence electrons. The average Bonchev–Trinajstić information content (AvgIpc) is 2.12. The summed E-state index contributed by atoms with van der Waals surface area (Å²) in [7, 11) is 0. The summed E-state index contributed by atoms with van der Waals surface area (Å²) in [6.07, 6.45) is -9.06. The van der Waals surface area contributed by atoms with E-state index in [0.717, 1.165) is 17.9 Å². The third-order valence-electron chi connectivity index (χ3n) is 1.06. The van der Waals surface area contributed by atoms with Gasteiger partial charge in [-0.05, 0) is 0 Å². The van der Waals surface area contributed by atoms with Crippen LogP contribution in [0.2, 0.25) is 0 Å². The molecule has 5 nitrogen and oxygen atoms in total. The van der Waals surface area contributed by atoms with Gasteiger partial charge in [0.25, 0.3) is 0 Å². The van der Waals surface area contributed by atoms with Gasteiger partial charge >= 0.3 is 37.4 Å². The fraction of sp³-hybridized carbons (Fsp3) is 0.200. The molecule has 0 N–H and O–H groups in total. The van der Waals surface area contributed by atoms with Gasteiger partial charge in [0, 0.05) is 0 Å². The number of carbonyl (C=O) groups is 1. The summed E-state index contributed by atoms with van der Waals surface area (Å²) >= 11 is 0. The Bertz CT molecular complexity index is 341. The van der Waals surface area contributed by atoms with Crippen molar-refractivity contribution in [3.05, 3.63) is 0 Å². The van der Waals surface area contributed by atoms with Crippen molar-refractivity contribution in [1.29, 1.82) is 15.8 Å². The predicted octanol–water partition coefficient (Wildman–Crippen LogP) is -2.77. The minimum Gasteiger partial charge on any atom is -0.649 e.